The van der Waals surface area contributed by atoms with Gasteiger partial charge in [0, 0.05) is 14.3 Å². The van der Waals surface area contributed by atoms with Crippen molar-refractivity contribution in [3.05, 3.63) is 62.7 Å². The Morgan fingerprint density at radius 3 is 2.59 bits per heavy atom. The van der Waals surface area contributed by atoms with Crippen LogP contribution in [0.5, 0.6) is 0 Å². The first-order valence-corrected chi connectivity index (χ1v) is 6.44. The number of carbonyl (C=O) groups excluding carboxylic acids is 1. The SMILES string of the molecule is O=C(Nc1cccc(Cl)c1)c1ccccc1I. The molecule has 0 saturated carbocycles. The summed E-state index contributed by atoms with van der Waals surface area (Å²) in [6.45, 7) is 0. The number of hydrogen-bond donors (Lipinski definition) is 1. The van der Waals surface area contributed by atoms with E-state index in [0.29, 0.717) is 16.3 Å². The second-order valence-corrected chi connectivity index (χ2v) is 5.04. The van der Waals surface area contributed by atoms with E-state index < -0.39 is 0 Å². The Morgan fingerprint density at radius 1 is 1.12 bits per heavy atom. The third kappa shape index (κ3) is 3.20. The largest absolute Gasteiger partial charge is 0.322 e. The number of amides is 1. The van der Waals surface area contributed by atoms with Crippen LogP contribution in [-0.2, 0) is 0 Å². The third-order valence-electron chi connectivity index (χ3n) is 2.20. The van der Waals surface area contributed by atoms with Crippen molar-refractivity contribution in [1.82, 2.24) is 0 Å². The molecule has 0 fully saturated rings. The van der Waals surface area contributed by atoms with Gasteiger partial charge < -0.3 is 5.32 Å². The van der Waals surface area contributed by atoms with E-state index in [0.717, 1.165) is 3.57 Å². The maximum Gasteiger partial charge on any atom is 0.256 e. The molecule has 0 aromatic heterocycles. The summed E-state index contributed by atoms with van der Waals surface area (Å²) in [5, 5.41) is 3.41. The molecule has 2 rings (SSSR count). The highest BCUT2D eigenvalue weighted by atomic mass is 127. The van der Waals surface area contributed by atoms with Crippen molar-refractivity contribution >= 4 is 45.8 Å². The zero-order valence-electron chi connectivity index (χ0n) is 8.78. The van der Waals surface area contributed by atoms with Gasteiger partial charge in [-0.25, -0.2) is 0 Å². The van der Waals surface area contributed by atoms with Crippen molar-refractivity contribution in [1.29, 1.82) is 0 Å². The zero-order chi connectivity index (χ0) is 12.3. The zero-order valence-corrected chi connectivity index (χ0v) is 11.7. The number of benzene rings is 2. The molecule has 0 unspecified atom stereocenters. The molecule has 0 heterocycles. The maximum atomic E-state index is 12.0. The molecule has 0 aliphatic heterocycles. The first-order valence-electron chi connectivity index (χ1n) is 4.98. The molecular formula is C13H9ClINO. The van der Waals surface area contributed by atoms with Crippen molar-refractivity contribution in [3.8, 4) is 0 Å². The summed E-state index contributed by atoms with van der Waals surface area (Å²) in [5.74, 6) is -0.128. The standard InChI is InChI=1S/C13H9ClINO/c14-9-4-3-5-10(8-9)16-13(17)11-6-1-2-7-12(11)15/h1-8H,(H,16,17). The molecule has 0 bridgehead atoms. The Kier molecular flexibility index (Phi) is 4.02. The highest BCUT2D eigenvalue weighted by Gasteiger charge is 2.09. The van der Waals surface area contributed by atoms with Crippen molar-refractivity contribution < 1.29 is 4.79 Å². The van der Waals surface area contributed by atoms with Gasteiger partial charge in [-0.1, -0.05) is 29.8 Å². The van der Waals surface area contributed by atoms with Crippen LogP contribution >= 0.6 is 34.2 Å². The Morgan fingerprint density at radius 2 is 1.88 bits per heavy atom. The fourth-order valence-electron chi connectivity index (χ4n) is 1.41. The van der Waals surface area contributed by atoms with E-state index in [1.54, 1.807) is 30.3 Å². The molecule has 0 atom stereocenters. The lowest BCUT2D eigenvalue weighted by Gasteiger charge is -2.06. The Labute approximate surface area is 118 Å². The molecule has 1 N–H and O–H groups in total. The number of hydrogen-bond acceptors (Lipinski definition) is 1. The summed E-state index contributed by atoms with van der Waals surface area (Å²) >= 11 is 7.99. The fourth-order valence-corrected chi connectivity index (χ4v) is 2.23. The average Bonchev–Trinajstić information content (AvgIpc) is 2.29. The van der Waals surface area contributed by atoms with E-state index in [9.17, 15) is 4.79 Å². The van der Waals surface area contributed by atoms with Crippen LogP contribution in [0, 0.1) is 3.57 Å². The third-order valence-corrected chi connectivity index (χ3v) is 3.38. The lowest BCUT2D eigenvalue weighted by molar-refractivity contribution is 0.102. The monoisotopic (exact) mass is 357 g/mol. The second-order valence-electron chi connectivity index (χ2n) is 3.44. The van der Waals surface area contributed by atoms with Gasteiger partial charge >= 0.3 is 0 Å². The summed E-state index contributed by atoms with van der Waals surface area (Å²) in [4.78, 5) is 12.0. The van der Waals surface area contributed by atoms with Crippen LogP contribution in [0.15, 0.2) is 48.5 Å². The van der Waals surface area contributed by atoms with Crippen LogP contribution in [0.2, 0.25) is 5.02 Å². The molecule has 4 heteroatoms. The first kappa shape index (κ1) is 12.4. The van der Waals surface area contributed by atoms with E-state index in [4.69, 9.17) is 11.6 Å². The van der Waals surface area contributed by atoms with Gasteiger partial charge in [0.05, 0.1) is 5.56 Å². The van der Waals surface area contributed by atoms with Crippen LogP contribution in [0.25, 0.3) is 0 Å². The summed E-state index contributed by atoms with van der Waals surface area (Å²) in [5.41, 5.74) is 1.36. The number of nitrogens with one attached hydrogen (secondary N) is 1. The van der Waals surface area contributed by atoms with E-state index in [2.05, 4.69) is 27.9 Å². The summed E-state index contributed by atoms with van der Waals surface area (Å²) < 4.78 is 0.921. The number of carbonyl (C=O) groups is 1. The normalized spacial score (nSPS) is 10.0. The molecule has 17 heavy (non-hydrogen) atoms. The van der Waals surface area contributed by atoms with Crippen molar-refractivity contribution in [2.45, 2.75) is 0 Å². The Bertz CT molecular complexity index is 557. The van der Waals surface area contributed by atoms with Gasteiger partial charge in [0.25, 0.3) is 5.91 Å². The second kappa shape index (κ2) is 5.51. The van der Waals surface area contributed by atoms with E-state index >= 15 is 0 Å². The quantitative estimate of drug-likeness (QED) is 0.802. The van der Waals surface area contributed by atoms with E-state index in [1.165, 1.54) is 0 Å². The molecule has 2 aromatic rings. The predicted molar refractivity (Wildman–Crippen MR) is 78.6 cm³/mol. The minimum absolute atomic E-state index is 0.128. The highest BCUT2D eigenvalue weighted by molar-refractivity contribution is 14.1. The van der Waals surface area contributed by atoms with Gasteiger partial charge in [-0.2, -0.15) is 0 Å². The molecule has 1 amide bonds. The Balaban J connectivity index is 2.20. The average molecular weight is 358 g/mol. The molecule has 2 nitrogen and oxygen atoms in total. The van der Waals surface area contributed by atoms with Gasteiger partial charge in [-0.05, 0) is 52.9 Å². The van der Waals surface area contributed by atoms with Crippen LogP contribution in [0.3, 0.4) is 0 Å². The van der Waals surface area contributed by atoms with E-state index in [1.807, 2.05) is 18.2 Å². The molecule has 0 spiro atoms. The van der Waals surface area contributed by atoms with Crippen molar-refractivity contribution in [2.24, 2.45) is 0 Å². The van der Waals surface area contributed by atoms with E-state index in [-0.39, 0.29) is 5.91 Å². The summed E-state index contributed by atoms with van der Waals surface area (Å²) in [7, 11) is 0. The van der Waals surface area contributed by atoms with Crippen LogP contribution in [-0.4, -0.2) is 5.91 Å². The van der Waals surface area contributed by atoms with Crippen molar-refractivity contribution in [2.75, 3.05) is 5.32 Å². The van der Waals surface area contributed by atoms with Gasteiger partial charge in [0.15, 0.2) is 0 Å². The van der Waals surface area contributed by atoms with Crippen LogP contribution < -0.4 is 5.32 Å². The van der Waals surface area contributed by atoms with Gasteiger partial charge in [0.2, 0.25) is 0 Å². The minimum atomic E-state index is -0.128. The number of anilines is 1. The molecule has 86 valence electrons. The molecule has 0 aliphatic rings. The number of rotatable bonds is 2. The topological polar surface area (TPSA) is 29.1 Å². The maximum absolute atomic E-state index is 12.0. The van der Waals surface area contributed by atoms with Crippen molar-refractivity contribution in [3.63, 3.8) is 0 Å². The Hall–Kier alpha value is -1.07. The fraction of sp³-hybridized carbons (Fsp3) is 0. The smallest absolute Gasteiger partial charge is 0.256 e. The number of halogens is 2. The van der Waals surface area contributed by atoms with Gasteiger partial charge in [-0.15, -0.1) is 0 Å². The van der Waals surface area contributed by atoms with Crippen LogP contribution in [0.4, 0.5) is 5.69 Å². The predicted octanol–water partition coefficient (Wildman–Crippen LogP) is 4.20. The molecular weight excluding hydrogens is 349 g/mol. The minimum Gasteiger partial charge on any atom is -0.322 e. The highest BCUT2D eigenvalue weighted by Crippen LogP contribution is 2.17. The lowest BCUT2D eigenvalue weighted by Crippen LogP contribution is -2.13. The molecule has 0 saturated heterocycles. The summed E-state index contributed by atoms with van der Waals surface area (Å²) in [6.07, 6.45) is 0. The van der Waals surface area contributed by atoms with Gasteiger partial charge in [0.1, 0.15) is 0 Å². The molecule has 0 radical (unpaired) electrons. The molecule has 0 aliphatic carbocycles. The van der Waals surface area contributed by atoms with Crippen LogP contribution in [0.1, 0.15) is 10.4 Å². The first-order chi connectivity index (χ1) is 8.16. The van der Waals surface area contributed by atoms with Gasteiger partial charge in [-0.3, -0.25) is 4.79 Å². The molecule has 2 aromatic carbocycles. The lowest BCUT2D eigenvalue weighted by atomic mass is 10.2. The summed E-state index contributed by atoms with van der Waals surface area (Å²) in [6, 6.07) is 14.5.